The van der Waals surface area contributed by atoms with Crippen molar-refractivity contribution >= 4 is 5.97 Å². The van der Waals surface area contributed by atoms with Crippen LogP contribution in [0.15, 0.2) is 0 Å². The van der Waals surface area contributed by atoms with Crippen molar-refractivity contribution in [1.82, 2.24) is 0 Å². The molecule has 0 heterocycles. The zero-order valence-electron chi connectivity index (χ0n) is 9.84. The Labute approximate surface area is 106 Å². The third-order valence-corrected chi connectivity index (χ3v) is 2.13. The molecule has 0 aromatic carbocycles. The van der Waals surface area contributed by atoms with Gasteiger partial charge in [0.15, 0.2) is 0 Å². The van der Waals surface area contributed by atoms with Crippen LogP contribution in [0.2, 0.25) is 0 Å². The molecule has 20 heavy (non-hydrogen) atoms. The minimum Gasteiger partial charge on any atom is -0.461 e. The molecule has 11 heteroatoms. The molecule has 0 radical (unpaired) electrons. The molecule has 0 saturated carbocycles. The Balaban J connectivity index is 5.30. The Morgan fingerprint density at radius 1 is 0.900 bits per heavy atom. The first kappa shape index (κ1) is 18.8. The second kappa shape index (κ2) is 5.68. The Kier molecular flexibility index (Phi) is 5.35. The summed E-state index contributed by atoms with van der Waals surface area (Å²) in [6.45, 7) is 0.691. The molecule has 0 aliphatic rings. The summed E-state index contributed by atoms with van der Waals surface area (Å²) in [7, 11) is 0. The number of alkyl halides is 9. The lowest BCUT2D eigenvalue weighted by atomic mass is 10.0. The highest BCUT2D eigenvalue weighted by atomic mass is 19.4. The van der Waals surface area contributed by atoms with Crippen LogP contribution in [0, 0.1) is 0 Å². The van der Waals surface area contributed by atoms with Gasteiger partial charge in [-0.05, 0) is 6.42 Å². The number of carbonyl (C=O) groups excluding carboxylic acids is 1. The van der Waals surface area contributed by atoms with E-state index in [9.17, 15) is 44.3 Å². The Morgan fingerprint density at radius 3 is 1.70 bits per heavy atom. The largest absolute Gasteiger partial charge is 0.461 e. The number of carbonyl (C=O) groups is 1. The van der Waals surface area contributed by atoms with E-state index in [2.05, 4.69) is 4.74 Å². The second-order valence-corrected chi connectivity index (χ2v) is 3.71. The van der Waals surface area contributed by atoms with Crippen LogP contribution in [0.1, 0.15) is 19.8 Å². The molecule has 0 aromatic rings. The Hall–Kier alpha value is -1.16. The van der Waals surface area contributed by atoms with Crippen LogP contribution in [0.5, 0.6) is 0 Å². The molecular weight excluding hydrogens is 311 g/mol. The molecule has 2 nitrogen and oxygen atoms in total. The molecule has 0 amide bonds. The van der Waals surface area contributed by atoms with Gasteiger partial charge in [0.1, 0.15) is 0 Å². The molecule has 0 spiro atoms. The molecule has 0 rings (SSSR count). The SMILES string of the molecule is CCCCOC(=O)C(F)(F)C(F)(F)C(F)(F)C(F)(F)F. The van der Waals surface area contributed by atoms with Crippen LogP contribution < -0.4 is 0 Å². The summed E-state index contributed by atoms with van der Waals surface area (Å²) in [4.78, 5) is 10.6. The zero-order valence-corrected chi connectivity index (χ0v) is 9.84. The van der Waals surface area contributed by atoms with Gasteiger partial charge in [-0.15, -0.1) is 0 Å². The molecule has 0 aliphatic heterocycles. The van der Waals surface area contributed by atoms with E-state index in [4.69, 9.17) is 0 Å². The van der Waals surface area contributed by atoms with Gasteiger partial charge in [-0.1, -0.05) is 13.3 Å². The normalized spacial score (nSPS) is 14.3. The van der Waals surface area contributed by atoms with Gasteiger partial charge >= 0.3 is 29.9 Å². The monoisotopic (exact) mass is 320 g/mol. The van der Waals surface area contributed by atoms with Crippen LogP contribution in [0.4, 0.5) is 39.5 Å². The van der Waals surface area contributed by atoms with Gasteiger partial charge in [0.05, 0.1) is 6.61 Å². The number of rotatable bonds is 6. The third kappa shape index (κ3) is 3.11. The number of hydrogen-bond acceptors (Lipinski definition) is 2. The first-order chi connectivity index (χ1) is 8.73. The number of ether oxygens (including phenoxy) is 1. The summed E-state index contributed by atoms with van der Waals surface area (Å²) >= 11 is 0. The fourth-order valence-electron chi connectivity index (χ4n) is 0.903. The minimum absolute atomic E-state index is 0.0525. The van der Waals surface area contributed by atoms with Crippen molar-refractivity contribution in [1.29, 1.82) is 0 Å². The van der Waals surface area contributed by atoms with Gasteiger partial charge in [0, 0.05) is 0 Å². The Morgan fingerprint density at radius 2 is 1.35 bits per heavy atom. The smallest absolute Gasteiger partial charge is 0.460 e. The van der Waals surface area contributed by atoms with Gasteiger partial charge in [-0.25, -0.2) is 4.79 Å². The van der Waals surface area contributed by atoms with E-state index in [1.54, 1.807) is 0 Å². The highest BCUT2D eigenvalue weighted by Gasteiger charge is 2.84. The summed E-state index contributed by atoms with van der Waals surface area (Å²) in [5.41, 5.74) is 0. The van der Waals surface area contributed by atoms with Gasteiger partial charge in [-0.2, -0.15) is 39.5 Å². The fourth-order valence-corrected chi connectivity index (χ4v) is 0.903. The van der Waals surface area contributed by atoms with Crippen molar-refractivity contribution in [3.8, 4) is 0 Å². The van der Waals surface area contributed by atoms with Crippen molar-refractivity contribution in [3.05, 3.63) is 0 Å². The number of hydrogen-bond donors (Lipinski definition) is 0. The number of esters is 1. The molecule has 120 valence electrons. The van der Waals surface area contributed by atoms with Crippen LogP contribution in [-0.4, -0.2) is 36.5 Å². The minimum atomic E-state index is -7.09. The van der Waals surface area contributed by atoms with Crippen LogP contribution in [-0.2, 0) is 9.53 Å². The molecule has 0 unspecified atom stereocenters. The van der Waals surface area contributed by atoms with Crippen molar-refractivity contribution in [2.24, 2.45) is 0 Å². The zero-order chi connectivity index (χ0) is 16.4. The molecular formula is C9H9F9O2. The maximum Gasteiger partial charge on any atom is 0.460 e. The number of unbranched alkanes of at least 4 members (excludes halogenated alkanes) is 1. The average molecular weight is 320 g/mol. The summed E-state index contributed by atoms with van der Waals surface area (Å²) in [6, 6.07) is 0. The maximum absolute atomic E-state index is 12.8. The van der Waals surface area contributed by atoms with Crippen molar-refractivity contribution in [2.45, 2.75) is 43.7 Å². The van der Waals surface area contributed by atoms with Crippen molar-refractivity contribution in [3.63, 3.8) is 0 Å². The van der Waals surface area contributed by atoms with Gasteiger partial charge in [0.25, 0.3) is 0 Å². The van der Waals surface area contributed by atoms with Crippen LogP contribution >= 0.6 is 0 Å². The van der Waals surface area contributed by atoms with E-state index in [0.29, 0.717) is 0 Å². The highest BCUT2D eigenvalue weighted by Crippen LogP contribution is 2.53. The molecule has 0 aromatic heterocycles. The molecule has 0 fully saturated rings. The lowest BCUT2D eigenvalue weighted by Crippen LogP contribution is -2.63. The topological polar surface area (TPSA) is 26.3 Å². The third-order valence-electron chi connectivity index (χ3n) is 2.13. The molecule has 0 saturated heterocycles. The summed E-state index contributed by atoms with van der Waals surface area (Å²) in [6.07, 6.45) is -6.72. The van der Waals surface area contributed by atoms with E-state index < -0.39 is 36.5 Å². The van der Waals surface area contributed by atoms with Gasteiger partial charge in [-0.3, -0.25) is 0 Å². The number of halogens is 9. The first-order valence-electron chi connectivity index (χ1n) is 5.10. The van der Waals surface area contributed by atoms with E-state index in [1.807, 2.05) is 0 Å². The molecule has 0 bridgehead atoms. The van der Waals surface area contributed by atoms with Gasteiger partial charge in [0.2, 0.25) is 0 Å². The quantitative estimate of drug-likeness (QED) is 0.423. The lowest BCUT2D eigenvalue weighted by Gasteiger charge is -2.32. The van der Waals surface area contributed by atoms with Gasteiger partial charge < -0.3 is 4.74 Å². The summed E-state index contributed by atoms with van der Waals surface area (Å²) in [5.74, 6) is -23.5. The van der Waals surface area contributed by atoms with E-state index in [0.717, 1.165) is 0 Å². The van der Waals surface area contributed by atoms with Crippen LogP contribution in [0.25, 0.3) is 0 Å². The molecule has 0 aliphatic carbocycles. The van der Waals surface area contributed by atoms with E-state index in [-0.39, 0.29) is 12.8 Å². The predicted molar refractivity (Wildman–Crippen MR) is 46.8 cm³/mol. The maximum atomic E-state index is 12.8. The van der Waals surface area contributed by atoms with E-state index in [1.165, 1.54) is 6.92 Å². The standard InChI is InChI=1S/C9H9F9O2/c1-2-3-4-20-5(19)6(10,11)7(12,13)8(14,15)9(16,17)18/h2-4H2,1H3. The summed E-state index contributed by atoms with van der Waals surface area (Å²) < 4.78 is 115. The fraction of sp³-hybridized carbons (Fsp3) is 0.889. The van der Waals surface area contributed by atoms with Crippen LogP contribution in [0.3, 0.4) is 0 Å². The lowest BCUT2D eigenvalue weighted by molar-refractivity contribution is -0.390. The van der Waals surface area contributed by atoms with Crippen molar-refractivity contribution in [2.75, 3.05) is 6.61 Å². The first-order valence-corrected chi connectivity index (χ1v) is 5.10. The predicted octanol–water partition coefficient (Wildman–Crippen LogP) is 3.80. The molecule has 0 atom stereocenters. The van der Waals surface area contributed by atoms with E-state index >= 15 is 0 Å². The van der Waals surface area contributed by atoms with Crippen molar-refractivity contribution < 1.29 is 49.0 Å². The summed E-state index contributed by atoms with van der Waals surface area (Å²) in [5, 5.41) is 0. The highest BCUT2D eigenvalue weighted by molar-refractivity contribution is 5.79. The Bertz CT molecular complexity index is 348. The average Bonchev–Trinajstić information content (AvgIpc) is 2.27. The molecule has 0 N–H and O–H groups in total. The second-order valence-electron chi connectivity index (χ2n) is 3.71.